The van der Waals surface area contributed by atoms with Gasteiger partial charge in [-0.1, -0.05) is 0 Å². The number of amides is 2. The molecule has 0 bridgehead atoms. The van der Waals surface area contributed by atoms with Gasteiger partial charge in [-0.15, -0.1) is 0 Å². The lowest BCUT2D eigenvalue weighted by Gasteiger charge is -2.23. The van der Waals surface area contributed by atoms with E-state index in [1.54, 1.807) is 24.3 Å². The van der Waals surface area contributed by atoms with E-state index >= 15 is 0 Å². The van der Waals surface area contributed by atoms with Gasteiger partial charge >= 0.3 is 6.03 Å². The molecule has 1 unspecified atom stereocenters. The summed E-state index contributed by atoms with van der Waals surface area (Å²) in [5, 5.41) is 0. The zero-order valence-electron chi connectivity index (χ0n) is 11.2. The van der Waals surface area contributed by atoms with Gasteiger partial charge in [-0.05, 0) is 25.0 Å². The molecule has 0 radical (unpaired) electrons. The fraction of sp³-hybridized carbons (Fsp3) is 0.357. The van der Waals surface area contributed by atoms with Crippen molar-refractivity contribution < 1.29 is 9.53 Å². The molecule has 20 heavy (non-hydrogen) atoms. The maximum atomic E-state index is 11.5. The number of methoxy groups -OCH3 is 1. The van der Waals surface area contributed by atoms with Gasteiger partial charge in [-0.2, -0.15) is 0 Å². The normalized spacial score (nSPS) is 18.4. The Labute approximate surface area is 116 Å². The Bertz CT molecular complexity index is 659. The first-order valence-corrected chi connectivity index (χ1v) is 6.56. The number of likely N-dealkylation sites (tertiary alicyclic amines) is 1. The van der Waals surface area contributed by atoms with E-state index in [0.29, 0.717) is 12.4 Å². The first kappa shape index (κ1) is 12.7. The smallest absolute Gasteiger partial charge is 0.315 e. The summed E-state index contributed by atoms with van der Waals surface area (Å²) in [5.74, 6) is 0.537. The van der Waals surface area contributed by atoms with Gasteiger partial charge in [-0.25, -0.2) is 9.78 Å². The van der Waals surface area contributed by atoms with Gasteiger partial charge < -0.3 is 15.4 Å². The van der Waals surface area contributed by atoms with Crippen LogP contribution in [0.25, 0.3) is 11.0 Å². The van der Waals surface area contributed by atoms with E-state index in [1.165, 1.54) is 0 Å². The molecule has 104 valence electrons. The van der Waals surface area contributed by atoms with Crippen molar-refractivity contribution in [2.45, 2.75) is 18.9 Å². The molecule has 2 aromatic rings. The lowest BCUT2D eigenvalue weighted by Crippen LogP contribution is -2.35. The van der Waals surface area contributed by atoms with E-state index in [-0.39, 0.29) is 12.1 Å². The number of rotatable bonds is 2. The van der Waals surface area contributed by atoms with Crippen molar-refractivity contribution >= 4 is 17.1 Å². The van der Waals surface area contributed by atoms with Crippen LogP contribution < -0.4 is 10.5 Å². The van der Waals surface area contributed by atoms with Crippen molar-refractivity contribution in [2.75, 3.05) is 13.7 Å². The molecule has 1 aliphatic heterocycles. The molecule has 2 amide bonds. The number of carbonyl (C=O) groups excluding carboxylic acids is 1. The average molecular weight is 272 g/mol. The van der Waals surface area contributed by atoms with Gasteiger partial charge in [0.05, 0.1) is 24.2 Å². The quantitative estimate of drug-likeness (QED) is 0.904. The van der Waals surface area contributed by atoms with Crippen molar-refractivity contribution in [3.63, 3.8) is 0 Å². The standard InChI is InChI=1S/C14H16N4O2/c1-20-12-5-4-10-13(17-12)9(6-7-16-10)11-3-2-8-18(11)14(15)19/h4-7,11H,2-3,8H2,1H3,(H2,15,19). The van der Waals surface area contributed by atoms with Crippen LogP contribution in [0.1, 0.15) is 24.4 Å². The Kier molecular flexibility index (Phi) is 3.14. The van der Waals surface area contributed by atoms with Crippen LogP contribution in [0.2, 0.25) is 0 Å². The summed E-state index contributed by atoms with van der Waals surface area (Å²) in [6, 6.07) is 5.13. The number of fused-ring (bicyclic) bond motifs is 1. The Morgan fingerprint density at radius 3 is 3.05 bits per heavy atom. The first-order valence-electron chi connectivity index (χ1n) is 6.56. The second-order valence-electron chi connectivity index (χ2n) is 4.81. The van der Waals surface area contributed by atoms with Crippen molar-refractivity contribution in [2.24, 2.45) is 5.73 Å². The van der Waals surface area contributed by atoms with E-state index in [9.17, 15) is 4.79 Å². The molecule has 6 nitrogen and oxygen atoms in total. The summed E-state index contributed by atoms with van der Waals surface area (Å²) >= 11 is 0. The molecule has 6 heteroatoms. The number of nitrogens with two attached hydrogens (primary N) is 1. The third-order valence-electron chi connectivity index (χ3n) is 3.69. The van der Waals surface area contributed by atoms with Gasteiger partial charge in [0, 0.05) is 24.4 Å². The van der Waals surface area contributed by atoms with Gasteiger partial charge in [0.15, 0.2) is 0 Å². The number of primary amides is 1. The SMILES string of the molecule is COc1ccc2nccc(C3CCCN3C(N)=O)c2n1. The predicted molar refractivity (Wildman–Crippen MR) is 74.4 cm³/mol. The van der Waals surface area contributed by atoms with E-state index in [2.05, 4.69) is 9.97 Å². The summed E-state index contributed by atoms with van der Waals surface area (Å²) in [6.45, 7) is 0.688. The van der Waals surface area contributed by atoms with Crippen LogP contribution >= 0.6 is 0 Å². The average Bonchev–Trinajstić information content (AvgIpc) is 2.95. The minimum atomic E-state index is -0.389. The van der Waals surface area contributed by atoms with E-state index in [1.807, 2.05) is 12.1 Å². The molecule has 3 heterocycles. The number of hydrogen-bond donors (Lipinski definition) is 1. The van der Waals surface area contributed by atoms with Gasteiger partial charge in [-0.3, -0.25) is 4.98 Å². The second-order valence-corrected chi connectivity index (χ2v) is 4.81. The zero-order chi connectivity index (χ0) is 14.1. The number of ether oxygens (including phenoxy) is 1. The molecule has 0 saturated carbocycles. The molecular formula is C14H16N4O2. The Balaban J connectivity index is 2.13. The van der Waals surface area contributed by atoms with E-state index in [0.717, 1.165) is 29.4 Å². The highest BCUT2D eigenvalue weighted by Gasteiger charge is 2.30. The third kappa shape index (κ3) is 2.03. The highest BCUT2D eigenvalue weighted by Crippen LogP contribution is 2.34. The summed E-state index contributed by atoms with van der Waals surface area (Å²) < 4.78 is 5.17. The Morgan fingerprint density at radius 1 is 1.45 bits per heavy atom. The summed E-state index contributed by atoms with van der Waals surface area (Å²) in [6.07, 6.45) is 3.58. The van der Waals surface area contributed by atoms with E-state index in [4.69, 9.17) is 10.5 Å². The molecule has 1 fully saturated rings. The summed E-state index contributed by atoms with van der Waals surface area (Å²) in [4.78, 5) is 22.0. The van der Waals surface area contributed by atoms with Crippen molar-refractivity contribution in [1.82, 2.24) is 14.9 Å². The minimum Gasteiger partial charge on any atom is -0.481 e. The lowest BCUT2D eigenvalue weighted by molar-refractivity contribution is 0.203. The molecular weight excluding hydrogens is 256 g/mol. The van der Waals surface area contributed by atoms with Crippen molar-refractivity contribution in [3.8, 4) is 5.88 Å². The summed E-state index contributed by atoms with van der Waals surface area (Å²) in [7, 11) is 1.58. The molecule has 1 saturated heterocycles. The van der Waals surface area contributed by atoms with Crippen LogP contribution in [0, 0.1) is 0 Å². The second kappa shape index (κ2) is 4.96. The van der Waals surface area contributed by atoms with Gasteiger partial charge in [0.2, 0.25) is 5.88 Å². The predicted octanol–water partition coefficient (Wildman–Crippen LogP) is 1.85. The topological polar surface area (TPSA) is 81.3 Å². The summed E-state index contributed by atoms with van der Waals surface area (Å²) in [5.41, 5.74) is 7.99. The van der Waals surface area contributed by atoms with Crippen LogP contribution in [-0.2, 0) is 0 Å². The molecule has 0 aliphatic carbocycles. The van der Waals surface area contributed by atoms with Crippen molar-refractivity contribution in [1.29, 1.82) is 0 Å². The monoisotopic (exact) mass is 272 g/mol. The van der Waals surface area contributed by atoms with Gasteiger partial charge in [0.25, 0.3) is 0 Å². The van der Waals surface area contributed by atoms with E-state index < -0.39 is 0 Å². The Morgan fingerprint density at radius 2 is 2.30 bits per heavy atom. The zero-order valence-corrected chi connectivity index (χ0v) is 11.2. The Hall–Kier alpha value is -2.37. The molecule has 2 aromatic heterocycles. The maximum absolute atomic E-state index is 11.5. The number of carbonyl (C=O) groups is 1. The number of pyridine rings is 2. The molecule has 1 aliphatic rings. The van der Waals surface area contributed by atoms with Gasteiger partial charge in [0.1, 0.15) is 0 Å². The lowest BCUT2D eigenvalue weighted by atomic mass is 10.0. The highest BCUT2D eigenvalue weighted by molar-refractivity contribution is 5.80. The fourth-order valence-corrected chi connectivity index (χ4v) is 2.76. The number of hydrogen-bond acceptors (Lipinski definition) is 4. The largest absolute Gasteiger partial charge is 0.481 e. The first-order chi connectivity index (χ1) is 9.70. The van der Waals surface area contributed by atoms with Crippen LogP contribution in [0.5, 0.6) is 5.88 Å². The van der Waals surface area contributed by atoms with Crippen LogP contribution in [-0.4, -0.2) is 34.6 Å². The van der Waals surface area contributed by atoms with Crippen molar-refractivity contribution in [3.05, 3.63) is 30.0 Å². The molecule has 2 N–H and O–H groups in total. The molecule has 0 aromatic carbocycles. The van der Waals surface area contributed by atoms with Crippen LogP contribution in [0.3, 0.4) is 0 Å². The molecule has 0 spiro atoms. The van der Waals surface area contributed by atoms with Crippen LogP contribution in [0.15, 0.2) is 24.4 Å². The fourth-order valence-electron chi connectivity index (χ4n) is 2.76. The maximum Gasteiger partial charge on any atom is 0.315 e. The number of urea groups is 1. The molecule has 1 atom stereocenters. The third-order valence-corrected chi connectivity index (χ3v) is 3.69. The number of nitrogens with zero attached hydrogens (tertiary/aromatic N) is 3. The highest BCUT2D eigenvalue weighted by atomic mass is 16.5. The number of aromatic nitrogens is 2. The minimum absolute atomic E-state index is 0.0300. The van der Waals surface area contributed by atoms with Crippen LogP contribution in [0.4, 0.5) is 4.79 Å². The molecule has 3 rings (SSSR count).